The molecule has 0 atom stereocenters. The first-order valence-electron chi connectivity index (χ1n) is 11.6. The minimum Gasteiger partial charge on any atom is -0.478 e. The van der Waals surface area contributed by atoms with E-state index in [0.29, 0.717) is 44.5 Å². The number of morpholine rings is 1. The van der Waals surface area contributed by atoms with Crippen molar-refractivity contribution >= 4 is 22.1 Å². The van der Waals surface area contributed by atoms with Crippen LogP contribution in [0.2, 0.25) is 0 Å². The summed E-state index contributed by atoms with van der Waals surface area (Å²) in [5, 5.41) is 0.934. The monoisotopic (exact) mass is 462 g/mol. The molecule has 3 aromatic heterocycles. The SMILES string of the molecule is CN(C)CCCOc1ccc(-c2ccc3ncn4c(c(N5CCOCC5)c(=O)n4C)c3c2)cn1. The molecule has 0 saturated carbocycles. The number of rotatable bonds is 7. The third kappa shape index (κ3) is 4.24. The maximum Gasteiger partial charge on any atom is 0.291 e. The Morgan fingerprint density at radius 2 is 1.88 bits per heavy atom. The number of fused-ring (bicyclic) bond motifs is 3. The van der Waals surface area contributed by atoms with Gasteiger partial charge in [0.1, 0.15) is 17.5 Å². The summed E-state index contributed by atoms with van der Waals surface area (Å²) in [4.78, 5) is 26.5. The molecule has 4 heterocycles. The molecule has 5 rings (SSSR count). The van der Waals surface area contributed by atoms with Gasteiger partial charge >= 0.3 is 0 Å². The molecule has 9 heteroatoms. The average molecular weight is 463 g/mol. The summed E-state index contributed by atoms with van der Waals surface area (Å²) >= 11 is 0. The quantitative estimate of drug-likeness (QED) is 0.391. The fourth-order valence-corrected chi connectivity index (χ4v) is 4.40. The number of hydrogen-bond donors (Lipinski definition) is 0. The standard InChI is InChI=1S/C25H30N6O3/c1-28(2)9-4-12-34-22-8-6-19(16-26-22)18-5-7-21-20(15-18)23-24(30-10-13-33-14-11-30)25(32)29(3)31(23)17-27-21/h5-8,15-17H,4,9-14H2,1-3H3. The van der Waals surface area contributed by atoms with Crippen molar-refractivity contribution in [3.8, 4) is 17.0 Å². The maximum absolute atomic E-state index is 13.2. The summed E-state index contributed by atoms with van der Waals surface area (Å²) in [6, 6.07) is 10.0. The van der Waals surface area contributed by atoms with E-state index in [1.54, 1.807) is 18.1 Å². The van der Waals surface area contributed by atoms with Crippen molar-refractivity contribution in [2.45, 2.75) is 6.42 Å². The second kappa shape index (κ2) is 9.44. The van der Waals surface area contributed by atoms with Crippen LogP contribution in [0.3, 0.4) is 0 Å². The number of anilines is 1. The molecule has 1 aromatic carbocycles. The lowest BCUT2D eigenvalue weighted by Gasteiger charge is -2.27. The number of ether oxygens (including phenoxy) is 2. The van der Waals surface area contributed by atoms with E-state index in [2.05, 4.69) is 39.9 Å². The molecule has 178 valence electrons. The lowest BCUT2D eigenvalue weighted by Crippen LogP contribution is -2.38. The second-order valence-electron chi connectivity index (χ2n) is 8.84. The zero-order valence-corrected chi connectivity index (χ0v) is 19.9. The molecule has 34 heavy (non-hydrogen) atoms. The summed E-state index contributed by atoms with van der Waals surface area (Å²) in [5.74, 6) is 0.622. The van der Waals surface area contributed by atoms with Crippen LogP contribution < -0.4 is 15.2 Å². The zero-order valence-electron chi connectivity index (χ0n) is 19.9. The van der Waals surface area contributed by atoms with Crippen LogP contribution >= 0.6 is 0 Å². The van der Waals surface area contributed by atoms with Crippen LogP contribution in [0.1, 0.15) is 6.42 Å². The van der Waals surface area contributed by atoms with Gasteiger partial charge in [0.25, 0.3) is 5.56 Å². The molecular formula is C25H30N6O3. The fourth-order valence-electron chi connectivity index (χ4n) is 4.40. The van der Waals surface area contributed by atoms with Gasteiger partial charge in [0.05, 0.1) is 25.3 Å². The Balaban J connectivity index is 1.51. The van der Waals surface area contributed by atoms with Crippen molar-refractivity contribution in [3.63, 3.8) is 0 Å². The first-order valence-corrected chi connectivity index (χ1v) is 11.6. The molecular weight excluding hydrogens is 432 g/mol. The molecule has 0 spiro atoms. The van der Waals surface area contributed by atoms with Crippen LogP contribution in [0, 0.1) is 0 Å². The average Bonchev–Trinajstić information content (AvgIpc) is 3.12. The predicted octanol–water partition coefficient (Wildman–Crippen LogP) is 2.42. The minimum atomic E-state index is -0.0287. The molecule has 0 aliphatic carbocycles. The predicted molar refractivity (Wildman–Crippen MR) is 133 cm³/mol. The highest BCUT2D eigenvalue weighted by Crippen LogP contribution is 2.30. The second-order valence-corrected chi connectivity index (χ2v) is 8.84. The Morgan fingerprint density at radius 1 is 1.09 bits per heavy atom. The van der Waals surface area contributed by atoms with Gasteiger partial charge in [0.2, 0.25) is 5.88 Å². The van der Waals surface area contributed by atoms with Gasteiger partial charge in [-0.25, -0.2) is 19.2 Å². The topological polar surface area (TPSA) is 77.1 Å². The van der Waals surface area contributed by atoms with Crippen molar-refractivity contribution in [3.05, 3.63) is 53.2 Å². The van der Waals surface area contributed by atoms with Gasteiger partial charge in [-0.1, -0.05) is 6.07 Å². The van der Waals surface area contributed by atoms with Crippen molar-refractivity contribution in [2.75, 3.05) is 58.5 Å². The smallest absolute Gasteiger partial charge is 0.291 e. The number of nitrogens with zero attached hydrogens (tertiary/aromatic N) is 6. The fraction of sp³-hybridized carbons (Fsp3) is 0.400. The first-order chi connectivity index (χ1) is 16.5. The summed E-state index contributed by atoms with van der Waals surface area (Å²) in [5.41, 5.74) is 4.38. The third-order valence-corrected chi connectivity index (χ3v) is 6.23. The van der Waals surface area contributed by atoms with E-state index in [1.807, 2.05) is 35.0 Å². The molecule has 1 saturated heterocycles. The molecule has 1 fully saturated rings. The highest BCUT2D eigenvalue weighted by atomic mass is 16.5. The molecule has 1 aliphatic heterocycles. The van der Waals surface area contributed by atoms with Crippen LogP contribution in [-0.2, 0) is 11.8 Å². The summed E-state index contributed by atoms with van der Waals surface area (Å²) in [6.07, 6.45) is 4.49. The van der Waals surface area contributed by atoms with Gasteiger partial charge < -0.3 is 19.3 Å². The number of hydrogen-bond acceptors (Lipinski definition) is 7. The van der Waals surface area contributed by atoms with E-state index in [-0.39, 0.29) is 5.56 Å². The number of aromatic nitrogens is 4. The highest BCUT2D eigenvalue weighted by Gasteiger charge is 2.23. The Labute approximate surface area is 198 Å². The number of pyridine rings is 1. The van der Waals surface area contributed by atoms with Gasteiger partial charge in [0, 0.05) is 49.9 Å². The normalized spacial score (nSPS) is 14.4. The Bertz CT molecular complexity index is 1350. The van der Waals surface area contributed by atoms with Crippen molar-refractivity contribution in [1.29, 1.82) is 0 Å². The largest absolute Gasteiger partial charge is 0.478 e. The van der Waals surface area contributed by atoms with Crippen molar-refractivity contribution < 1.29 is 9.47 Å². The highest BCUT2D eigenvalue weighted by molar-refractivity contribution is 6.01. The summed E-state index contributed by atoms with van der Waals surface area (Å²) in [6.45, 7) is 4.23. The van der Waals surface area contributed by atoms with E-state index >= 15 is 0 Å². The third-order valence-electron chi connectivity index (χ3n) is 6.23. The van der Waals surface area contributed by atoms with E-state index in [9.17, 15) is 4.79 Å². The molecule has 0 amide bonds. The minimum absolute atomic E-state index is 0.0287. The van der Waals surface area contributed by atoms with Crippen LogP contribution in [0.15, 0.2) is 47.7 Å². The molecule has 4 aromatic rings. The molecule has 0 N–H and O–H groups in total. The van der Waals surface area contributed by atoms with Crippen LogP contribution in [-0.4, -0.2) is 77.6 Å². The van der Waals surface area contributed by atoms with Gasteiger partial charge in [-0.2, -0.15) is 0 Å². The molecule has 0 unspecified atom stereocenters. The van der Waals surface area contributed by atoms with E-state index in [1.165, 1.54) is 0 Å². The first kappa shape index (κ1) is 22.4. The molecule has 0 radical (unpaired) electrons. The Morgan fingerprint density at radius 3 is 2.62 bits per heavy atom. The van der Waals surface area contributed by atoms with Crippen LogP contribution in [0.4, 0.5) is 5.69 Å². The molecule has 1 aliphatic rings. The number of benzene rings is 1. The maximum atomic E-state index is 13.2. The van der Waals surface area contributed by atoms with Gasteiger partial charge in [-0.3, -0.25) is 4.79 Å². The van der Waals surface area contributed by atoms with Gasteiger partial charge in [-0.15, -0.1) is 0 Å². The summed E-state index contributed by atoms with van der Waals surface area (Å²) < 4.78 is 14.7. The van der Waals surface area contributed by atoms with Gasteiger partial charge in [0.15, 0.2) is 0 Å². The number of aryl methyl sites for hydroxylation is 1. The van der Waals surface area contributed by atoms with Crippen molar-refractivity contribution in [1.82, 2.24) is 24.1 Å². The zero-order chi connectivity index (χ0) is 23.7. The van der Waals surface area contributed by atoms with Crippen molar-refractivity contribution in [2.24, 2.45) is 7.05 Å². The van der Waals surface area contributed by atoms with E-state index < -0.39 is 0 Å². The molecule has 0 bridgehead atoms. The molecule has 9 nitrogen and oxygen atoms in total. The Hall–Kier alpha value is -3.43. The van der Waals surface area contributed by atoms with E-state index in [0.717, 1.165) is 40.5 Å². The van der Waals surface area contributed by atoms with Crippen LogP contribution in [0.5, 0.6) is 5.88 Å². The van der Waals surface area contributed by atoms with Gasteiger partial charge in [-0.05, 0) is 44.3 Å². The van der Waals surface area contributed by atoms with Crippen LogP contribution in [0.25, 0.3) is 27.5 Å². The lowest BCUT2D eigenvalue weighted by atomic mass is 10.0. The van der Waals surface area contributed by atoms with E-state index in [4.69, 9.17) is 9.47 Å². The lowest BCUT2D eigenvalue weighted by molar-refractivity contribution is 0.122. The Kier molecular flexibility index (Phi) is 6.21. The summed E-state index contributed by atoms with van der Waals surface area (Å²) in [7, 11) is 5.88.